The second kappa shape index (κ2) is 14.6. The maximum Gasteiger partial charge on any atom is 0.352 e. The number of fused-ring (bicyclic) bond motifs is 1. The molecule has 3 saturated heterocycles. The van der Waals surface area contributed by atoms with Crippen LogP contribution in [0.1, 0.15) is 28.8 Å². The Morgan fingerprint density at radius 3 is 2.11 bits per heavy atom. The Labute approximate surface area is 318 Å². The van der Waals surface area contributed by atoms with Crippen molar-refractivity contribution in [2.75, 3.05) is 31.1 Å². The summed E-state index contributed by atoms with van der Waals surface area (Å²) in [5.74, 6) is -2.52. The molecule has 8 rings (SSSR count). The number of allylic oxidation sites excluding steroid dienone is 1. The van der Waals surface area contributed by atoms with E-state index in [1.807, 2.05) is 95.9 Å². The predicted molar refractivity (Wildman–Crippen MR) is 204 cm³/mol. The molecule has 15 heteroatoms. The van der Waals surface area contributed by atoms with Crippen molar-refractivity contribution < 1.29 is 29.1 Å². The highest BCUT2D eigenvalue weighted by Gasteiger charge is 2.54. The molecule has 5 heterocycles. The minimum atomic E-state index is -1.31. The number of nitrogens with two attached hydrogens (primary N) is 1. The van der Waals surface area contributed by atoms with Crippen LogP contribution in [0.3, 0.4) is 0 Å². The molecule has 0 radical (unpaired) electrons. The molecule has 0 bridgehead atoms. The van der Waals surface area contributed by atoms with Gasteiger partial charge in [0.1, 0.15) is 22.8 Å². The molecule has 4 aliphatic heterocycles. The SMILES string of the molecule is Nc1nc(C(=NOC(c2ccccc2)(c2ccccc2)c2ccccc2)C(=O)NC2C(=O)N3C(C(=O)O)=C(C=C4CCN(C5CNC5)C4=O)CS[C@H]23)cs1. The number of hydrogen-bond acceptors (Lipinski definition) is 11. The van der Waals surface area contributed by atoms with E-state index in [2.05, 4.69) is 20.8 Å². The Balaban J connectivity index is 1.10. The number of β-lactam (4-membered cyclic amide) rings is 1. The number of nitrogen functional groups attached to an aromatic ring is 1. The van der Waals surface area contributed by atoms with Crippen molar-refractivity contribution in [1.82, 2.24) is 25.4 Å². The molecule has 0 aliphatic carbocycles. The van der Waals surface area contributed by atoms with Crippen molar-refractivity contribution in [2.45, 2.75) is 29.5 Å². The van der Waals surface area contributed by atoms with Crippen LogP contribution in [0.25, 0.3) is 0 Å². The van der Waals surface area contributed by atoms with Gasteiger partial charge in [0, 0.05) is 53.0 Å². The molecule has 4 aliphatic rings. The van der Waals surface area contributed by atoms with E-state index in [0.29, 0.717) is 24.1 Å². The molecule has 4 aromatic rings. The number of amides is 3. The van der Waals surface area contributed by atoms with Gasteiger partial charge in [-0.3, -0.25) is 19.3 Å². The fourth-order valence-corrected chi connectivity index (χ4v) is 9.03. The number of nitrogens with one attached hydrogen (secondary N) is 2. The van der Waals surface area contributed by atoms with Gasteiger partial charge < -0.3 is 31.2 Å². The molecule has 3 aromatic carbocycles. The first kappa shape index (κ1) is 35.3. The van der Waals surface area contributed by atoms with E-state index < -0.39 is 34.8 Å². The molecular formula is C39H35N7O6S2. The number of thiazole rings is 1. The van der Waals surface area contributed by atoms with Crippen molar-refractivity contribution in [2.24, 2.45) is 5.16 Å². The first-order valence-corrected chi connectivity index (χ1v) is 19.3. The molecule has 1 aromatic heterocycles. The summed E-state index contributed by atoms with van der Waals surface area (Å²) in [6.45, 7) is 2.04. The van der Waals surface area contributed by atoms with Crippen LogP contribution in [-0.2, 0) is 29.6 Å². The van der Waals surface area contributed by atoms with Crippen LogP contribution in [0.5, 0.6) is 0 Å². The standard InChI is InChI=1S/C39H35N7O6S2/c40-38-42-29(22-54-38)30(44-52-39(25-10-4-1-5-11-25,26-12-6-2-7-13-26)27-14-8-3-9-15-27)33(47)43-31-35(49)46-32(37(50)51)24(21-53-36(31)46)18-23-16-17-45(34(23)48)28-19-41-20-28/h1-15,18,22,28,31,36,41H,16-17,19-21H2,(H2,40,42)(H,43,47)(H,50,51)/t31?,36-/m1/s1. The third-order valence-corrected chi connectivity index (χ3v) is 12.0. The zero-order chi connectivity index (χ0) is 37.4. The summed E-state index contributed by atoms with van der Waals surface area (Å²) < 4.78 is 0. The average molecular weight is 762 g/mol. The van der Waals surface area contributed by atoms with Gasteiger partial charge >= 0.3 is 5.97 Å². The molecule has 3 amide bonds. The lowest BCUT2D eigenvalue weighted by Gasteiger charge is -2.49. The van der Waals surface area contributed by atoms with E-state index >= 15 is 0 Å². The smallest absolute Gasteiger partial charge is 0.352 e. The minimum Gasteiger partial charge on any atom is -0.477 e. The summed E-state index contributed by atoms with van der Waals surface area (Å²) in [6.07, 6.45) is 2.12. The fraction of sp³-hybridized carbons (Fsp3) is 0.231. The first-order valence-electron chi connectivity index (χ1n) is 17.3. The normalized spacial score (nSPS) is 21.1. The van der Waals surface area contributed by atoms with E-state index in [9.17, 15) is 24.3 Å². The Bertz CT molecular complexity index is 2110. The zero-order valence-corrected chi connectivity index (χ0v) is 30.4. The maximum atomic E-state index is 14.2. The summed E-state index contributed by atoms with van der Waals surface area (Å²) in [6, 6.07) is 27.6. The molecule has 13 nitrogen and oxygen atoms in total. The van der Waals surface area contributed by atoms with Gasteiger partial charge in [-0.15, -0.1) is 23.1 Å². The monoisotopic (exact) mass is 761 g/mol. The van der Waals surface area contributed by atoms with Gasteiger partial charge in [0.15, 0.2) is 10.8 Å². The Morgan fingerprint density at radius 1 is 0.981 bits per heavy atom. The summed E-state index contributed by atoms with van der Waals surface area (Å²) in [7, 11) is 0. The van der Waals surface area contributed by atoms with Gasteiger partial charge in [0.25, 0.3) is 11.8 Å². The number of aromatic nitrogens is 1. The molecule has 5 N–H and O–H groups in total. The first-order chi connectivity index (χ1) is 26.3. The summed E-state index contributed by atoms with van der Waals surface area (Å²) >= 11 is 2.43. The van der Waals surface area contributed by atoms with Gasteiger partial charge in [-0.05, 0) is 18.1 Å². The van der Waals surface area contributed by atoms with Crippen LogP contribution >= 0.6 is 23.1 Å². The van der Waals surface area contributed by atoms with Crippen LogP contribution in [-0.4, -0.2) is 92.1 Å². The van der Waals surface area contributed by atoms with Gasteiger partial charge in [0.2, 0.25) is 11.5 Å². The fourth-order valence-electron chi connectivity index (χ4n) is 7.18. The van der Waals surface area contributed by atoms with Crippen molar-refractivity contribution in [1.29, 1.82) is 0 Å². The maximum absolute atomic E-state index is 14.2. The number of anilines is 1. The number of carboxylic acids is 1. The second-order valence-corrected chi connectivity index (χ2v) is 15.1. The van der Waals surface area contributed by atoms with E-state index in [4.69, 9.17) is 10.6 Å². The highest BCUT2D eigenvalue weighted by Crippen LogP contribution is 2.43. The Hall–Kier alpha value is -5.77. The number of carbonyl (C=O) groups excluding carboxylic acids is 3. The number of nitrogens with zero attached hydrogens (tertiary/aromatic N) is 4. The second-order valence-electron chi connectivity index (χ2n) is 13.2. The molecule has 2 atom stereocenters. The number of carbonyl (C=O) groups is 4. The van der Waals surface area contributed by atoms with Gasteiger partial charge in [-0.25, -0.2) is 9.78 Å². The lowest BCUT2D eigenvalue weighted by molar-refractivity contribution is -0.150. The summed E-state index contributed by atoms with van der Waals surface area (Å²) in [4.78, 5) is 67.5. The van der Waals surface area contributed by atoms with E-state index in [-0.39, 0.29) is 39.9 Å². The third kappa shape index (κ3) is 6.23. The lowest BCUT2D eigenvalue weighted by Crippen LogP contribution is -2.71. The minimum absolute atomic E-state index is 0.113. The van der Waals surface area contributed by atoms with Gasteiger partial charge in [-0.2, -0.15) is 0 Å². The molecule has 54 heavy (non-hydrogen) atoms. The zero-order valence-electron chi connectivity index (χ0n) is 28.8. The van der Waals surface area contributed by atoms with Crippen molar-refractivity contribution >= 4 is 57.6 Å². The highest BCUT2D eigenvalue weighted by molar-refractivity contribution is 8.00. The van der Waals surface area contributed by atoms with Crippen molar-refractivity contribution in [3.05, 3.63) is 142 Å². The number of oxime groups is 1. The molecule has 274 valence electrons. The van der Waals surface area contributed by atoms with Crippen molar-refractivity contribution in [3.8, 4) is 0 Å². The highest BCUT2D eigenvalue weighted by atomic mass is 32.2. The Morgan fingerprint density at radius 2 is 1.59 bits per heavy atom. The Kier molecular flexibility index (Phi) is 9.52. The van der Waals surface area contributed by atoms with Crippen LogP contribution < -0.4 is 16.4 Å². The molecule has 3 fully saturated rings. The van der Waals surface area contributed by atoms with Crippen molar-refractivity contribution in [3.63, 3.8) is 0 Å². The number of thioether (sulfide) groups is 1. The summed E-state index contributed by atoms with van der Waals surface area (Å²) in [5, 5.41) is 21.8. The lowest BCUT2D eigenvalue weighted by atomic mass is 9.80. The van der Waals surface area contributed by atoms with E-state index in [1.54, 1.807) is 11.5 Å². The van der Waals surface area contributed by atoms with Crippen LogP contribution in [0.2, 0.25) is 0 Å². The number of aliphatic carboxylic acids is 1. The topological polar surface area (TPSA) is 180 Å². The largest absolute Gasteiger partial charge is 0.477 e. The number of likely N-dealkylation sites (tertiary alicyclic amines) is 1. The third-order valence-electron chi connectivity index (χ3n) is 9.99. The quantitative estimate of drug-likeness (QED) is 0.0583. The molecule has 1 unspecified atom stereocenters. The van der Waals surface area contributed by atoms with Gasteiger partial charge in [0.05, 0.1) is 6.04 Å². The average Bonchev–Trinajstić information content (AvgIpc) is 3.76. The molecule has 0 spiro atoms. The summed E-state index contributed by atoms with van der Waals surface area (Å²) in [5.41, 5.74) is 7.57. The van der Waals surface area contributed by atoms with Crippen LogP contribution in [0.4, 0.5) is 5.13 Å². The number of carboxylic acid groups (broad SMARTS) is 1. The molecular weight excluding hydrogens is 727 g/mol. The van der Waals surface area contributed by atoms with Crippen LogP contribution in [0, 0.1) is 0 Å². The number of benzene rings is 3. The van der Waals surface area contributed by atoms with Gasteiger partial charge in [-0.1, -0.05) is 96.2 Å². The van der Waals surface area contributed by atoms with E-state index in [1.165, 1.54) is 16.7 Å². The predicted octanol–water partition coefficient (Wildman–Crippen LogP) is 3.31. The number of rotatable bonds is 11. The number of hydrogen-bond donors (Lipinski definition) is 4. The van der Waals surface area contributed by atoms with Crippen LogP contribution in [0.15, 0.2) is 124 Å². The molecule has 0 saturated carbocycles. The van der Waals surface area contributed by atoms with E-state index in [0.717, 1.165) is 41.1 Å².